The first-order valence-corrected chi connectivity index (χ1v) is 9.60. The van der Waals surface area contributed by atoms with Crippen LogP contribution in [0.15, 0.2) is 0 Å². The van der Waals surface area contributed by atoms with Crippen LogP contribution in [0.25, 0.3) is 0 Å². The molecule has 18 heavy (non-hydrogen) atoms. The Morgan fingerprint density at radius 3 is 1.83 bits per heavy atom. The van der Waals surface area contributed by atoms with Gasteiger partial charge in [-0.05, 0) is 24.8 Å². The van der Waals surface area contributed by atoms with Crippen molar-refractivity contribution in [1.82, 2.24) is 0 Å². The fourth-order valence-corrected chi connectivity index (χ4v) is 4.25. The maximum atomic E-state index is 5.95. The Bertz CT molecular complexity index is 157. The van der Waals surface area contributed by atoms with Gasteiger partial charge in [0, 0.05) is 13.2 Å². The average Bonchev–Trinajstić information content (AvgIpc) is 2.38. The van der Waals surface area contributed by atoms with Crippen molar-refractivity contribution in [3.63, 3.8) is 0 Å². The molecule has 2 nitrogen and oxygen atoms in total. The highest BCUT2D eigenvalue weighted by Gasteiger charge is 2.21. The Morgan fingerprint density at radius 1 is 0.778 bits per heavy atom. The molecular formula is C15H34O2Si. The molecular weight excluding hydrogens is 240 g/mol. The molecule has 0 aromatic rings. The molecule has 0 aromatic carbocycles. The average molecular weight is 275 g/mol. The number of unbranched alkanes of at least 4 members (excludes halogenated alkanes) is 4. The van der Waals surface area contributed by atoms with Crippen molar-refractivity contribution >= 4 is 9.28 Å². The smallest absolute Gasteiger partial charge is 0.324 e. The molecule has 0 aliphatic heterocycles. The van der Waals surface area contributed by atoms with E-state index >= 15 is 0 Å². The molecule has 0 radical (unpaired) electrons. The summed E-state index contributed by atoms with van der Waals surface area (Å²) in [4.78, 5) is 0. The minimum atomic E-state index is -1.42. The summed E-state index contributed by atoms with van der Waals surface area (Å²) in [6.07, 6.45) is 10.3. The molecule has 0 N–H and O–H groups in total. The van der Waals surface area contributed by atoms with Gasteiger partial charge in [0.25, 0.3) is 0 Å². The van der Waals surface area contributed by atoms with Crippen molar-refractivity contribution in [2.24, 2.45) is 0 Å². The van der Waals surface area contributed by atoms with E-state index in [1.165, 1.54) is 38.5 Å². The van der Waals surface area contributed by atoms with Crippen molar-refractivity contribution in [2.45, 2.75) is 84.6 Å². The Balaban J connectivity index is 3.76. The Labute approximate surface area is 116 Å². The van der Waals surface area contributed by atoms with Crippen molar-refractivity contribution in [2.75, 3.05) is 13.2 Å². The summed E-state index contributed by atoms with van der Waals surface area (Å²) in [5.41, 5.74) is 0.657. The third kappa shape index (κ3) is 10.1. The molecule has 3 heteroatoms. The molecule has 0 amide bonds. The Morgan fingerprint density at radius 2 is 1.33 bits per heavy atom. The standard InChI is InChI=1S/C15H34O2Si/c1-5-8-9-10-11-12-15(4)18(16-13-6-2)17-14-7-3/h15,18H,5-14H2,1-4H3. The Kier molecular flexibility index (Phi) is 13.7. The van der Waals surface area contributed by atoms with Gasteiger partial charge in [0.1, 0.15) is 0 Å². The SMILES string of the molecule is CCCCCCCC(C)[SiH](OCCC)OCCC. The lowest BCUT2D eigenvalue weighted by Gasteiger charge is -2.22. The molecule has 0 aliphatic carbocycles. The van der Waals surface area contributed by atoms with Crippen LogP contribution >= 0.6 is 0 Å². The van der Waals surface area contributed by atoms with Crippen molar-refractivity contribution in [1.29, 1.82) is 0 Å². The first kappa shape index (κ1) is 18.1. The van der Waals surface area contributed by atoms with E-state index in [2.05, 4.69) is 27.7 Å². The van der Waals surface area contributed by atoms with E-state index in [1.807, 2.05) is 0 Å². The third-order valence-corrected chi connectivity index (χ3v) is 5.59. The van der Waals surface area contributed by atoms with Crippen molar-refractivity contribution in [3.05, 3.63) is 0 Å². The van der Waals surface area contributed by atoms with E-state index in [0.29, 0.717) is 5.54 Å². The topological polar surface area (TPSA) is 18.5 Å². The number of rotatable bonds is 13. The third-order valence-electron chi connectivity index (χ3n) is 3.20. The molecule has 0 bridgehead atoms. The van der Waals surface area contributed by atoms with Gasteiger partial charge in [0.05, 0.1) is 0 Å². The van der Waals surface area contributed by atoms with Gasteiger partial charge in [-0.3, -0.25) is 0 Å². The first-order valence-electron chi connectivity index (χ1n) is 7.99. The lowest BCUT2D eigenvalue weighted by Crippen LogP contribution is -2.28. The fourth-order valence-electron chi connectivity index (χ4n) is 2.05. The molecule has 0 rings (SSSR count). The van der Waals surface area contributed by atoms with Crippen molar-refractivity contribution < 1.29 is 8.85 Å². The molecule has 1 unspecified atom stereocenters. The number of hydrogen-bond donors (Lipinski definition) is 0. The van der Waals surface area contributed by atoms with Crippen molar-refractivity contribution in [3.8, 4) is 0 Å². The minimum Gasteiger partial charge on any atom is -0.396 e. The van der Waals surface area contributed by atoms with Gasteiger partial charge < -0.3 is 8.85 Å². The molecule has 0 aromatic heterocycles. The summed E-state index contributed by atoms with van der Waals surface area (Å²) in [6.45, 7) is 10.7. The summed E-state index contributed by atoms with van der Waals surface area (Å²) >= 11 is 0. The lowest BCUT2D eigenvalue weighted by atomic mass is 10.1. The monoisotopic (exact) mass is 274 g/mol. The molecule has 0 saturated heterocycles. The van der Waals surface area contributed by atoms with E-state index in [-0.39, 0.29) is 0 Å². The van der Waals surface area contributed by atoms with Gasteiger partial charge in [-0.2, -0.15) is 0 Å². The highest BCUT2D eigenvalue weighted by Crippen LogP contribution is 2.21. The number of hydrogen-bond acceptors (Lipinski definition) is 2. The predicted octanol–water partition coefficient (Wildman–Crippen LogP) is 4.81. The second kappa shape index (κ2) is 13.6. The van der Waals surface area contributed by atoms with Gasteiger partial charge in [0.15, 0.2) is 0 Å². The van der Waals surface area contributed by atoms with Crippen LogP contribution in [-0.2, 0) is 8.85 Å². The second-order valence-corrected chi connectivity index (χ2v) is 7.83. The van der Waals surface area contributed by atoms with Crippen LogP contribution < -0.4 is 0 Å². The summed E-state index contributed by atoms with van der Waals surface area (Å²) in [5.74, 6) is 0. The molecule has 0 spiro atoms. The van der Waals surface area contributed by atoms with Gasteiger partial charge in [0.2, 0.25) is 0 Å². The first-order chi connectivity index (χ1) is 8.76. The minimum absolute atomic E-state index is 0.657. The maximum Gasteiger partial charge on any atom is 0.324 e. The predicted molar refractivity (Wildman–Crippen MR) is 82.4 cm³/mol. The largest absolute Gasteiger partial charge is 0.396 e. The molecule has 0 heterocycles. The van der Waals surface area contributed by atoms with Crippen LogP contribution in [0.3, 0.4) is 0 Å². The quantitative estimate of drug-likeness (QED) is 0.354. The zero-order valence-electron chi connectivity index (χ0n) is 13.0. The maximum absolute atomic E-state index is 5.95. The zero-order chi connectivity index (χ0) is 13.6. The normalized spacial score (nSPS) is 13.2. The molecule has 110 valence electrons. The Hall–Kier alpha value is 0.137. The van der Waals surface area contributed by atoms with Gasteiger partial charge in [-0.15, -0.1) is 0 Å². The summed E-state index contributed by atoms with van der Waals surface area (Å²) in [6, 6.07) is 0. The van der Waals surface area contributed by atoms with E-state index in [0.717, 1.165) is 26.1 Å². The zero-order valence-corrected chi connectivity index (χ0v) is 14.2. The van der Waals surface area contributed by atoms with Crippen LogP contribution in [0.1, 0.15) is 79.1 Å². The summed E-state index contributed by atoms with van der Waals surface area (Å²) in [7, 11) is -1.42. The van der Waals surface area contributed by atoms with E-state index in [9.17, 15) is 0 Å². The molecule has 0 saturated carbocycles. The van der Waals surface area contributed by atoms with Crippen LogP contribution in [0.2, 0.25) is 5.54 Å². The highest BCUT2D eigenvalue weighted by atomic mass is 28.3. The van der Waals surface area contributed by atoms with Crippen LogP contribution in [0.4, 0.5) is 0 Å². The van der Waals surface area contributed by atoms with Crippen LogP contribution in [-0.4, -0.2) is 22.5 Å². The molecule has 0 aliphatic rings. The highest BCUT2D eigenvalue weighted by molar-refractivity contribution is 6.46. The van der Waals surface area contributed by atoms with Crippen LogP contribution in [0.5, 0.6) is 0 Å². The fraction of sp³-hybridized carbons (Fsp3) is 1.00. The van der Waals surface area contributed by atoms with Crippen LogP contribution in [0, 0.1) is 0 Å². The summed E-state index contributed by atoms with van der Waals surface area (Å²) < 4.78 is 11.9. The summed E-state index contributed by atoms with van der Waals surface area (Å²) in [5, 5.41) is 0. The van der Waals surface area contributed by atoms with E-state index in [1.54, 1.807) is 0 Å². The lowest BCUT2D eigenvalue weighted by molar-refractivity contribution is 0.187. The molecule has 1 atom stereocenters. The second-order valence-electron chi connectivity index (χ2n) is 5.29. The van der Waals surface area contributed by atoms with Gasteiger partial charge >= 0.3 is 9.28 Å². The molecule has 0 fully saturated rings. The van der Waals surface area contributed by atoms with Gasteiger partial charge in [-0.1, -0.05) is 59.8 Å². The van der Waals surface area contributed by atoms with E-state index < -0.39 is 9.28 Å². The van der Waals surface area contributed by atoms with Gasteiger partial charge in [-0.25, -0.2) is 0 Å². The van der Waals surface area contributed by atoms with E-state index in [4.69, 9.17) is 8.85 Å².